The highest BCUT2D eigenvalue weighted by molar-refractivity contribution is 7.91. The fraction of sp³-hybridized carbons (Fsp3) is 0.500. The highest BCUT2D eigenvalue weighted by atomic mass is 35.5. The number of esters is 1. The minimum Gasteiger partial charge on any atom is -0.507 e. The number of rotatable bonds is 5. The number of phenolic OH excluding ortho intramolecular Hbond substituents is 1. The quantitative estimate of drug-likeness (QED) is 0.766. The smallest absolute Gasteiger partial charge is 0.342 e. The first kappa shape index (κ1) is 18.0. The number of carbonyl (C=O) groups is 2. The molecule has 9 heteroatoms. The summed E-state index contributed by atoms with van der Waals surface area (Å²) in [4.78, 5) is 26.0. The van der Waals surface area contributed by atoms with Gasteiger partial charge in [0.1, 0.15) is 11.3 Å². The molecule has 0 bridgehead atoms. The molecule has 1 amide bonds. The first-order valence-electron chi connectivity index (χ1n) is 7.94. The SMILES string of the molecule is O=C(OCC(=O)N(C1CC1)[C@@H]1CCS(=O)(=O)C1)c1ccc(Cl)cc1O. The van der Waals surface area contributed by atoms with Crippen molar-refractivity contribution < 1.29 is 27.9 Å². The van der Waals surface area contributed by atoms with E-state index >= 15 is 0 Å². The van der Waals surface area contributed by atoms with Crippen LogP contribution in [0.3, 0.4) is 0 Å². The molecule has 25 heavy (non-hydrogen) atoms. The van der Waals surface area contributed by atoms with E-state index in [0.717, 1.165) is 12.8 Å². The molecule has 0 aromatic heterocycles. The fourth-order valence-corrected chi connectivity index (χ4v) is 4.89. The van der Waals surface area contributed by atoms with Crippen molar-refractivity contribution in [2.24, 2.45) is 0 Å². The Hall–Kier alpha value is -1.80. The number of amides is 1. The number of hydrogen-bond acceptors (Lipinski definition) is 6. The summed E-state index contributed by atoms with van der Waals surface area (Å²) in [6.45, 7) is -0.492. The maximum atomic E-state index is 12.5. The third-order valence-corrected chi connectivity index (χ3v) is 6.32. The van der Waals surface area contributed by atoms with E-state index in [1.807, 2.05) is 0 Å². The maximum Gasteiger partial charge on any atom is 0.342 e. The fourth-order valence-electron chi connectivity index (χ4n) is 3.01. The zero-order chi connectivity index (χ0) is 18.2. The lowest BCUT2D eigenvalue weighted by atomic mass is 10.2. The van der Waals surface area contributed by atoms with E-state index in [-0.39, 0.29) is 39.9 Å². The summed E-state index contributed by atoms with van der Waals surface area (Å²) < 4.78 is 28.3. The molecule has 3 rings (SSSR count). The number of halogens is 1. The predicted octanol–water partition coefficient (Wildman–Crippen LogP) is 1.38. The van der Waals surface area contributed by atoms with Crippen molar-refractivity contribution in [3.63, 3.8) is 0 Å². The maximum absolute atomic E-state index is 12.5. The van der Waals surface area contributed by atoms with Gasteiger partial charge in [-0.1, -0.05) is 11.6 Å². The predicted molar refractivity (Wildman–Crippen MR) is 90.3 cm³/mol. The van der Waals surface area contributed by atoms with Gasteiger partial charge in [0.15, 0.2) is 16.4 Å². The van der Waals surface area contributed by atoms with Gasteiger partial charge < -0.3 is 14.7 Å². The number of hydrogen-bond donors (Lipinski definition) is 1. The van der Waals surface area contributed by atoms with Gasteiger partial charge >= 0.3 is 5.97 Å². The number of benzene rings is 1. The molecule has 2 fully saturated rings. The van der Waals surface area contributed by atoms with Gasteiger partial charge in [-0.05, 0) is 37.5 Å². The summed E-state index contributed by atoms with van der Waals surface area (Å²) >= 11 is 5.71. The van der Waals surface area contributed by atoms with Crippen LogP contribution in [0.4, 0.5) is 0 Å². The lowest BCUT2D eigenvalue weighted by Gasteiger charge is -2.28. The molecule has 1 heterocycles. The minimum absolute atomic E-state index is 0.0217. The molecule has 7 nitrogen and oxygen atoms in total. The molecule has 1 aromatic carbocycles. The Morgan fingerprint density at radius 3 is 2.52 bits per heavy atom. The zero-order valence-corrected chi connectivity index (χ0v) is 14.9. The highest BCUT2D eigenvalue weighted by Crippen LogP contribution is 2.32. The van der Waals surface area contributed by atoms with Crippen molar-refractivity contribution in [1.82, 2.24) is 4.90 Å². The standard InChI is InChI=1S/C16H18ClNO6S/c17-10-1-4-13(14(19)7-10)16(21)24-8-15(20)18(11-2-3-11)12-5-6-25(22,23)9-12/h1,4,7,11-12,19H,2-3,5-6,8-9H2/t12-/m1/s1. The summed E-state index contributed by atoms with van der Waals surface area (Å²) in [6, 6.07) is 3.62. The molecule has 1 aromatic rings. The van der Waals surface area contributed by atoms with Gasteiger partial charge in [-0.2, -0.15) is 0 Å². The molecule has 1 saturated carbocycles. The van der Waals surface area contributed by atoms with Gasteiger partial charge in [-0.3, -0.25) is 4.79 Å². The average Bonchev–Trinajstić information content (AvgIpc) is 3.29. The lowest BCUT2D eigenvalue weighted by molar-refractivity contribution is -0.137. The first-order chi connectivity index (χ1) is 11.8. The largest absolute Gasteiger partial charge is 0.507 e. The van der Waals surface area contributed by atoms with Crippen LogP contribution in [0.1, 0.15) is 29.6 Å². The van der Waals surface area contributed by atoms with E-state index in [0.29, 0.717) is 6.42 Å². The summed E-state index contributed by atoms with van der Waals surface area (Å²) in [6.07, 6.45) is 2.07. The van der Waals surface area contributed by atoms with Crippen molar-refractivity contribution in [3.05, 3.63) is 28.8 Å². The van der Waals surface area contributed by atoms with Gasteiger partial charge in [0.25, 0.3) is 5.91 Å². The molecule has 1 N–H and O–H groups in total. The normalized spacial score (nSPS) is 21.7. The molecule has 0 unspecified atom stereocenters. The van der Waals surface area contributed by atoms with Crippen LogP contribution in [0.2, 0.25) is 5.02 Å². The van der Waals surface area contributed by atoms with Crippen molar-refractivity contribution in [2.45, 2.75) is 31.3 Å². The van der Waals surface area contributed by atoms with Crippen LogP contribution in [0.5, 0.6) is 5.75 Å². The van der Waals surface area contributed by atoms with Crippen LogP contribution in [0, 0.1) is 0 Å². The Bertz CT molecular complexity index is 805. The van der Waals surface area contributed by atoms with Gasteiger partial charge in [-0.15, -0.1) is 0 Å². The Kier molecular flexibility index (Phi) is 4.92. The molecule has 2 aliphatic rings. The summed E-state index contributed by atoms with van der Waals surface area (Å²) in [5.74, 6) is -1.54. The van der Waals surface area contributed by atoms with Crippen molar-refractivity contribution in [1.29, 1.82) is 0 Å². The summed E-state index contributed by atoms with van der Waals surface area (Å²) in [5.41, 5.74) is -0.0846. The van der Waals surface area contributed by atoms with Crippen molar-refractivity contribution >= 4 is 33.3 Å². The Morgan fingerprint density at radius 2 is 1.96 bits per heavy atom. The molecule has 1 atom stereocenters. The Morgan fingerprint density at radius 1 is 1.24 bits per heavy atom. The van der Waals surface area contributed by atoms with Crippen molar-refractivity contribution in [3.8, 4) is 5.75 Å². The number of phenols is 1. The Balaban J connectivity index is 1.63. The van der Waals surface area contributed by atoms with Crippen molar-refractivity contribution in [2.75, 3.05) is 18.1 Å². The van der Waals surface area contributed by atoms with Gasteiger partial charge in [0.2, 0.25) is 0 Å². The van der Waals surface area contributed by atoms with E-state index in [1.54, 1.807) is 4.90 Å². The molecular weight excluding hydrogens is 370 g/mol. The number of sulfone groups is 1. The van der Waals surface area contributed by atoms with Crippen LogP contribution in [0.15, 0.2) is 18.2 Å². The Labute approximate surface area is 150 Å². The second-order valence-electron chi connectivity index (χ2n) is 6.33. The molecule has 0 spiro atoms. The molecule has 1 aliphatic carbocycles. The van der Waals surface area contributed by atoms with Crippen LogP contribution < -0.4 is 0 Å². The van der Waals surface area contributed by atoms with E-state index in [1.165, 1.54) is 18.2 Å². The number of aromatic hydroxyl groups is 1. The number of carbonyl (C=O) groups excluding carboxylic acids is 2. The third kappa shape index (κ3) is 4.24. The summed E-state index contributed by atoms with van der Waals surface area (Å²) in [5, 5.41) is 9.99. The third-order valence-electron chi connectivity index (χ3n) is 4.34. The number of ether oxygens (including phenoxy) is 1. The molecule has 0 radical (unpaired) electrons. The van der Waals surface area contributed by atoms with E-state index < -0.39 is 28.3 Å². The van der Waals surface area contributed by atoms with Gasteiger partial charge in [0.05, 0.1) is 11.5 Å². The summed E-state index contributed by atoms with van der Waals surface area (Å²) in [7, 11) is -3.11. The molecule has 136 valence electrons. The highest BCUT2D eigenvalue weighted by Gasteiger charge is 2.42. The second kappa shape index (κ2) is 6.84. The average molecular weight is 388 g/mol. The van der Waals surface area contributed by atoms with Crippen LogP contribution >= 0.6 is 11.6 Å². The first-order valence-corrected chi connectivity index (χ1v) is 10.1. The van der Waals surface area contributed by atoms with Gasteiger partial charge in [0, 0.05) is 17.1 Å². The monoisotopic (exact) mass is 387 g/mol. The van der Waals surface area contributed by atoms with Gasteiger partial charge in [-0.25, -0.2) is 13.2 Å². The topological polar surface area (TPSA) is 101 Å². The van der Waals surface area contributed by atoms with Crippen LogP contribution in [-0.4, -0.2) is 60.5 Å². The number of nitrogens with zero attached hydrogens (tertiary/aromatic N) is 1. The van der Waals surface area contributed by atoms with E-state index in [4.69, 9.17) is 16.3 Å². The minimum atomic E-state index is -3.11. The second-order valence-corrected chi connectivity index (χ2v) is 8.99. The van der Waals surface area contributed by atoms with Crippen LogP contribution in [-0.2, 0) is 19.4 Å². The lowest BCUT2D eigenvalue weighted by Crippen LogP contribution is -2.44. The van der Waals surface area contributed by atoms with E-state index in [9.17, 15) is 23.1 Å². The zero-order valence-electron chi connectivity index (χ0n) is 13.4. The molecule has 1 saturated heterocycles. The molecular formula is C16H18ClNO6S. The molecule has 1 aliphatic heterocycles. The van der Waals surface area contributed by atoms with E-state index in [2.05, 4.69) is 0 Å². The van der Waals surface area contributed by atoms with Crippen LogP contribution in [0.25, 0.3) is 0 Å².